The molecule has 2 aromatic heterocycles. The van der Waals surface area contributed by atoms with Gasteiger partial charge in [0.15, 0.2) is 5.65 Å². The highest BCUT2D eigenvalue weighted by Gasteiger charge is 2.23. The van der Waals surface area contributed by atoms with Crippen molar-refractivity contribution in [1.82, 2.24) is 20.3 Å². The van der Waals surface area contributed by atoms with E-state index in [1.165, 1.54) is 32.1 Å². The van der Waals surface area contributed by atoms with Crippen LogP contribution in [-0.2, 0) is 0 Å². The summed E-state index contributed by atoms with van der Waals surface area (Å²) >= 11 is 0. The van der Waals surface area contributed by atoms with E-state index in [4.69, 9.17) is 4.74 Å². The van der Waals surface area contributed by atoms with Crippen molar-refractivity contribution in [3.05, 3.63) is 48.3 Å². The van der Waals surface area contributed by atoms with E-state index in [1.807, 2.05) is 30.3 Å². The zero-order chi connectivity index (χ0) is 18.6. The zero-order valence-corrected chi connectivity index (χ0v) is 15.4. The number of nitrogens with one attached hydrogen (secondary N) is 2. The van der Waals surface area contributed by atoms with Crippen molar-refractivity contribution in [2.45, 2.75) is 45.1 Å². The van der Waals surface area contributed by atoms with Gasteiger partial charge in [-0.25, -0.2) is 9.97 Å². The number of amides is 1. The number of carbonyl (C=O) groups excluding carboxylic acids is 1. The van der Waals surface area contributed by atoms with Crippen molar-refractivity contribution in [2.75, 3.05) is 0 Å². The minimum Gasteiger partial charge on any atom is -0.437 e. The first kappa shape index (κ1) is 17.5. The van der Waals surface area contributed by atoms with Crippen LogP contribution in [0.2, 0.25) is 0 Å². The van der Waals surface area contributed by atoms with Crippen LogP contribution in [0.3, 0.4) is 0 Å². The second kappa shape index (κ2) is 7.78. The Balaban J connectivity index is 1.52. The Morgan fingerprint density at radius 3 is 2.78 bits per heavy atom. The molecule has 1 amide bonds. The number of nitrogens with zero attached hydrogens (tertiary/aromatic N) is 2. The third kappa shape index (κ3) is 3.94. The predicted octanol–water partition coefficient (Wildman–Crippen LogP) is 4.45. The summed E-state index contributed by atoms with van der Waals surface area (Å²) in [5, 5.41) is 3.15. The summed E-state index contributed by atoms with van der Waals surface area (Å²) in [7, 11) is 0. The van der Waals surface area contributed by atoms with Crippen LogP contribution < -0.4 is 10.1 Å². The fourth-order valence-corrected chi connectivity index (χ4v) is 3.74. The lowest BCUT2D eigenvalue weighted by Gasteiger charge is -2.28. The molecule has 6 heteroatoms. The number of hydrogen-bond acceptors (Lipinski definition) is 4. The number of para-hydroxylation sites is 1. The molecular formula is C21H24N4O2. The Kier molecular flexibility index (Phi) is 5.05. The van der Waals surface area contributed by atoms with E-state index in [1.54, 1.807) is 12.4 Å². The molecule has 1 aliphatic rings. The normalized spacial score (nSPS) is 16.2. The number of rotatable bonds is 5. The van der Waals surface area contributed by atoms with Gasteiger partial charge in [-0.1, -0.05) is 37.5 Å². The number of H-pyrrole nitrogens is 1. The molecular weight excluding hydrogens is 340 g/mol. The Bertz CT molecular complexity index is 916. The zero-order valence-electron chi connectivity index (χ0n) is 15.4. The molecule has 1 aromatic carbocycles. The molecule has 27 heavy (non-hydrogen) atoms. The molecule has 0 radical (unpaired) electrons. The molecule has 0 spiro atoms. The Labute approximate surface area is 158 Å². The second-order valence-electron chi connectivity index (χ2n) is 7.18. The molecule has 1 atom stereocenters. The average molecular weight is 364 g/mol. The van der Waals surface area contributed by atoms with Crippen LogP contribution in [0.1, 0.15) is 49.4 Å². The molecule has 4 rings (SSSR count). The maximum atomic E-state index is 12.8. The minimum absolute atomic E-state index is 0.120. The van der Waals surface area contributed by atoms with Gasteiger partial charge in [0.05, 0.1) is 11.8 Å². The fraction of sp³-hybridized carbons (Fsp3) is 0.381. The number of hydrogen-bond donors (Lipinski definition) is 2. The quantitative estimate of drug-likeness (QED) is 0.701. The van der Waals surface area contributed by atoms with Crippen LogP contribution in [0.5, 0.6) is 11.6 Å². The summed E-state index contributed by atoms with van der Waals surface area (Å²) in [6, 6.07) is 9.56. The van der Waals surface area contributed by atoms with Gasteiger partial charge in [0, 0.05) is 12.2 Å². The van der Waals surface area contributed by atoms with Crippen molar-refractivity contribution in [1.29, 1.82) is 0 Å². The number of aromatic nitrogens is 3. The van der Waals surface area contributed by atoms with Crippen LogP contribution >= 0.6 is 0 Å². The molecule has 140 valence electrons. The molecule has 2 heterocycles. The van der Waals surface area contributed by atoms with Crippen molar-refractivity contribution < 1.29 is 9.53 Å². The first-order valence-corrected chi connectivity index (χ1v) is 9.58. The number of fused-ring (bicyclic) bond motifs is 1. The van der Waals surface area contributed by atoms with Gasteiger partial charge in [-0.05, 0) is 37.8 Å². The van der Waals surface area contributed by atoms with E-state index in [0.29, 0.717) is 34.3 Å². The Morgan fingerprint density at radius 1 is 1.22 bits per heavy atom. The molecule has 0 unspecified atom stereocenters. The fourth-order valence-electron chi connectivity index (χ4n) is 3.74. The number of carbonyl (C=O) groups is 1. The molecule has 6 nitrogen and oxygen atoms in total. The van der Waals surface area contributed by atoms with Gasteiger partial charge in [-0.2, -0.15) is 0 Å². The number of ether oxygens (including phenoxy) is 1. The smallest absolute Gasteiger partial charge is 0.255 e. The van der Waals surface area contributed by atoms with Gasteiger partial charge < -0.3 is 15.0 Å². The molecule has 0 bridgehead atoms. The van der Waals surface area contributed by atoms with Gasteiger partial charge in [0.1, 0.15) is 11.3 Å². The largest absolute Gasteiger partial charge is 0.437 e. The summed E-state index contributed by atoms with van der Waals surface area (Å²) in [5.74, 6) is 1.47. The van der Waals surface area contributed by atoms with Crippen LogP contribution in [0.25, 0.3) is 11.2 Å². The van der Waals surface area contributed by atoms with Gasteiger partial charge in [-0.3, -0.25) is 4.79 Å². The topological polar surface area (TPSA) is 79.9 Å². The molecule has 1 fully saturated rings. The van der Waals surface area contributed by atoms with Crippen LogP contribution in [0.15, 0.2) is 42.7 Å². The highest BCUT2D eigenvalue weighted by atomic mass is 16.5. The number of benzene rings is 1. The molecule has 0 saturated heterocycles. The third-order valence-corrected chi connectivity index (χ3v) is 5.28. The monoisotopic (exact) mass is 364 g/mol. The van der Waals surface area contributed by atoms with Crippen molar-refractivity contribution in [2.24, 2.45) is 5.92 Å². The standard InChI is InChI=1S/C21H24N4O2/c1-14(15-8-4-2-5-9-15)24-21(26)17-12-22-20-19(17)25-18(13-23-20)27-16-10-6-3-7-11-16/h3,6-7,10-15H,2,4-5,8-9H2,1H3,(H,22,23)(H,24,26)/t14-/m1/s1. The third-order valence-electron chi connectivity index (χ3n) is 5.28. The summed E-state index contributed by atoms with van der Waals surface area (Å²) in [6.07, 6.45) is 9.40. The minimum atomic E-state index is -0.120. The maximum absolute atomic E-state index is 12.8. The Morgan fingerprint density at radius 2 is 2.00 bits per heavy atom. The first-order chi connectivity index (χ1) is 13.2. The molecule has 1 saturated carbocycles. The van der Waals surface area contributed by atoms with E-state index in [0.717, 1.165) is 0 Å². The van der Waals surface area contributed by atoms with E-state index < -0.39 is 0 Å². The molecule has 2 N–H and O–H groups in total. The second-order valence-corrected chi connectivity index (χ2v) is 7.18. The van der Waals surface area contributed by atoms with Crippen LogP contribution in [-0.4, -0.2) is 26.9 Å². The maximum Gasteiger partial charge on any atom is 0.255 e. The van der Waals surface area contributed by atoms with Gasteiger partial charge in [0.25, 0.3) is 5.91 Å². The summed E-state index contributed by atoms with van der Waals surface area (Å²) in [5.41, 5.74) is 1.60. The SMILES string of the molecule is C[C@@H](NC(=O)c1c[nH]c2ncc(Oc3ccccc3)nc12)C1CCCCC1. The molecule has 1 aliphatic carbocycles. The average Bonchev–Trinajstić information content (AvgIpc) is 3.13. The predicted molar refractivity (Wildman–Crippen MR) is 104 cm³/mol. The Hall–Kier alpha value is -2.89. The molecule has 0 aliphatic heterocycles. The first-order valence-electron chi connectivity index (χ1n) is 9.58. The van der Waals surface area contributed by atoms with E-state index in [9.17, 15) is 4.79 Å². The van der Waals surface area contributed by atoms with E-state index in [2.05, 4.69) is 27.2 Å². The van der Waals surface area contributed by atoms with E-state index in [-0.39, 0.29) is 11.9 Å². The summed E-state index contributed by atoms with van der Waals surface area (Å²) in [4.78, 5) is 24.6. The lowest BCUT2D eigenvalue weighted by atomic mass is 9.84. The van der Waals surface area contributed by atoms with Crippen LogP contribution in [0.4, 0.5) is 0 Å². The van der Waals surface area contributed by atoms with Crippen molar-refractivity contribution in [3.63, 3.8) is 0 Å². The van der Waals surface area contributed by atoms with Crippen molar-refractivity contribution in [3.8, 4) is 11.6 Å². The van der Waals surface area contributed by atoms with E-state index >= 15 is 0 Å². The van der Waals surface area contributed by atoms with Gasteiger partial charge in [0.2, 0.25) is 5.88 Å². The number of aromatic amines is 1. The summed E-state index contributed by atoms with van der Waals surface area (Å²) < 4.78 is 5.75. The van der Waals surface area contributed by atoms with Crippen LogP contribution in [0, 0.1) is 5.92 Å². The van der Waals surface area contributed by atoms with Gasteiger partial charge in [-0.15, -0.1) is 0 Å². The lowest BCUT2D eigenvalue weighted by Crippen LogP contribution is -2.38. The lowest BCUT2D eigenvalue weighted by molar-refractivity contribution is 0.0921. The summed E-state index contributed by atoms with van der Waals surface area (Å²) in [6.45, 7) is 2.10. The molecule has 3 aromatic rings. The highest BCUT2D eigenvalue weighted by Crippen LogP contribution is 2.27. The van der Waals surface area contributed by atoms with Crippen molar-refractivity contribution >= 4 is 17.1 Å². The highest BCUT2D eigenvalue weighted by molar-refractivity contribution is 6.04. The van der Waals surface area contributed by atoms with Gasteiger partial charge >= 0.3 is 0 Å².